The number of carbonyl (C=O) groups excluding carboxylic acids is 1. The van der Waals surface area contributed by atoms with Crippen molar-refractivity contribution in [1.29, 1.82) is 0 Å². The quantitative estimate of drug-likeness (QED) is 0.495. The van der Waals surface area contributed by atoms with Gasteiger partial charge in [-0.25, -0.2) is 15.0 Å². The average Bonchev–Trinajstić information content (AvgIpc) is 3.45. The molecule has 1 aromatic carbocycles. The standard InChI is InChI=1S/C22H26N6OS3/c1-30-17-12-23-21(24-13-17)25-15-3-4-16(11-15)26-22-27-18-5-2-14(10-19(18)32-22)20(29)28-6-8-31-9-7-28/h2,5,10,12-13,15-16H,3-4,6-9,11H2,1H3,(H,26,27)(H,23,24,25)/t15-,16?/m0/s1. The molecule has 3 aromatic rings. The smallest absolute Gasteiger partial charge is 0.253 e. The van der Waals surface area contributed by atoms with Crippen LogP contribution in [0.25, 0.3) is 10.2 Å². The normalized spacial score (nSPS) is 21.1. The van der Waals surface area contributed by atoms with Crippen molar-refractivity contribution >= 4 is 62.1 Å². The van der Waals surface area contributed by atoms with Crippen LogP contribution in [-0.4, -0.2) is 68.7 Å². The molecule has 2 N–H and O–H groups in total. The number of nitrogens with one attached hydrogen (secondary N) is 2. The average molecular weight is 487 g/mol. The van der Waals surface area contributed by atoms with Crippen molar-refractivity contribution in [3.8, 4) is 0 Å². The lowest BCUT2D eigenvalue weighted by molar-refractivity contribution is 0.0772. The molecule has 2 atom stereocenters. The minimum absolute atomic E-state index is 0.132. The summed E-state index contributed by atoms with van der Waals surface area (Å²) in [5.41, 5.74) is 1.70. The highest BCUT2D eigenvalue weighted by Gasteiger charge is 2.26. The zero-order valence-electron chi connectivity index (χ0n) is 17.9. The number of hydrogen-bond acceptors (Lipinski definition) is 9. The summed E-state index contributed by atoms with van der Waals surface area (Å²) in [6, 6.07) is 6.60. The van der Waals surface area contributed by atoms with E-state index in [2.05, 4.69) is 20.6 Å². The van der Waals surface area contributed by atoms with Crippen LogP contribution in [0.15, 0.2) is 35.5 Å². The molecule has 2 aliphatic rings. The number of rotatable bonds is 6. The first-order chi connectivity index (χ1) is 15.7. The Bertz CT molecular complexity index is 1080. The van der Waals surface area contributed by atoms with Gasteiger partial charge in [0.1, 0.15) is 0 Å². The van der Waals surface area contributed by atoms with E-state index in [1.807, 2.05) is 53.5 Å². The molecule has 1 amide bonds. The van der Waals surface area contributed by atoms with E-state index >= 15 is 0 Å². The first-order valence-electron chi connectivity index (χ1n) is 10.8. The highest BCUT2D eigenvalue weighted by molar-refractivity contribution is 7.99. The maximum absolute atomic E-state index is 12.8. The molecule has 1 aliphatic heterocycles. The molecule has 1 unspecified atom stereocenters. The summed E-state index contributed by atoms with van der Waals surface area (Å²) in [6.45, 7) is 1.67. The second-order valence-corrected chi connectivity index (χ2v) is 11.2. The Labute approximate surface area is 200 Å². The van der Waals surface area contributed by atoms with Crippen LogP contribution in [0.5, 0.6) is 0 Å². The molecular weight excluding hydrogens is 460 g/mol. The number of benzene rings is 1. The molecule has 1 saturated carbocycles. The van der Waals surface area contributed by atoms with Gasteiger partial charge in [-0.3, -0.25) is 4.79 Å². The van der Waals surface area contributed by atoms with Crippen molar-refractivity contribution in [2.24, 2.45) is 0 Å². The third-order valence-electron chi connectivity index (χ3n) is 5.89. The number of fused-ring (bicyclic) bond motifs is 1. The van der Waals surface area contributed by atoms with Gasteiger partial charge in [-0.05, 0) is 43.7 Å². The van der Waals surface area contributed by atoms with Crippen LogP contribution in [0.3, 0.4) is 0 Å². The summed E-state index contributed by atoms with van der Waals surface area (Å²) in [5, 5.41) is 7.98. The maximum atomic E-state index is 12.8. The molecule has 3 heterocycles. The van der Waals surface area contributed by atoms with Crippen LogP contribution in [-0.2, 0) is 0 Å². The number of carbonyl (C=O) groups is 1. The first-order valence-corrected chi connectivity index (χ1v) is 14.0. The van der Waals surface area contributed by atoms with Crippen LogP contribution in [0.2, 0.25) is 0 Å². The lowest BCUT2D eigenvalue weighted by atomic mass is 10.2. The van der Waals surface area contributed by atoms with E-state index in [0.29, 0.717) is 18.0 Å². The highest BCUT2D eigenvalue weighted by Crippen LogP contribution is 2.31. The van der Waals surface area contributed by atoms with Gasteiger partial charge >= 0.3 is 0 Å². The van der Waals surface area contributed by atoms with Crippen molar-refractivity contribution in [3.63, 3.8) is 0 Å². The molecular formula is C22H26N6OS3. The fourth-order valence-electron chi connectivity index (χ4n) is 4.17. The summed E-state index contributed by atoms with van der Waals surface area (Å²) >= 11 is 5.18. The topological polar surface area (TPSA) is 83.0 Å². The Balaban J connectivity index is 1.20. The molecule has 0 spiro atoms. The van der Waals surface area contributed by atoms with Gasteiger partial charge < -0.3 is 15.5 Å². The van der Waals surface area contributed by atoms with Gasteiger partial charge in [0.15, 0.2) is 5.13 Å². The predicted octanol–water partition coefficient (Wildman–Crippen LogP) is 4.44. The zero-order chi connectivity index (χ0) is 21.9. The van der Waals surface area contributed by atoms with E-state index in [1.54, 1.807) is 23.1 Å². The molecule has 32 heavy (non-hydrogen) atoms. The molecule has 10 heteroatoms. The fourth-order valence-corrected chi connectivity index (χ4v) is 6.37. The third kappa shape index (κ3) is 4.97. The summed E-state index contributed by atoms with van der Waals surface area (Å²) in [7, 11) is 0. The van der Waals surface area contributed by atoms with E-state index in [-0.39, 0.29) is 5.91 Å². The summed E-state index contributed by atoms with van der Waals surface area (Å²) in [4.78, 5) is 29.4. The Morgan fingerprint density at radius 1 is 1.12 bits per heavy atom. The summed E-state index contributed by atoms with van der Waals surface area (Å²) in [6.07, 6.45) is 8.88. The van der Waals surface area contributed by atoms with E-state index in [1.165, 1.54) is 0 Å². The molecule has 2 aromatic heterocycles. The molecule has 2 fully saturated rings. The number of anilines is 2. The summed E-state index contributed by atoms with van der Waals surface area (Å²) in [5.74, 6) is 2.87. The van der Waals surface area contributed by atoms with Crippen LogP contribution in [0.1, 0.15) is 29.6 Å². The van der Waals surface area contributed by atoms with E-state index in [9.17, 15) is 4.79 Å². The van der Waals surface area contributed by atoms with Gasteiger partial charge in [-0.2, -0.15) is 11.8 Å². The third-order valence-corrected chi connectivity index (χ3v) is 8.47. The van der Waals surface area contributed by atoms with Crippen LogP contribution >= 0.6 is 34.9 Å². The minimum atomic E-state index is 0.132. The molecule has 5 rings (SSSR count). The van der Waals surface area contributed by atoms with Crippen molar-refractivity contribution in [3.05, 3.63) is 36.2 Å². The Hall–Kier alpha value is -2.04. The number of aromatic nitrogens is 3. The molecule has 1 saturated heterocycles. The minimum Gasteiger partial charge on any atom is -0.359 e. The highest BCUT2D eigenvalue weighted by atomic mass is 32.2. The summed E-state index contributed by atoms with van der Waals surface area (Å²) < 4.78 is 1.06. The second kappa shape index (κ2) is 9.84. The lowest BCUT2D eigenvalue weighted by Gasteiger charge is -2.26. The fraction of sp³-hybridized carbons (Fsp3) is 0.455. The van der Waals surface area contributed by atoms with E-state index < -0.39 is 0 Å². The predicted molar refractivity (Wildman–Crippen MR) is 135 cm³/mol. The second-order valence-electron chi connectivity index (χ2n) is 8.05. The Morgan fingerprint density at radius 3 is 2.62 bits per heavy atom. The number of hydrogen-bond donors (Lipinski definition) is 2. The number of thiazole rings is 1. The van der Waals surface area contributed by atoms with Gasteiger partial charge in [-0.15, -0.1) is 11.8 Å². The van der Waals surface area contributed by atoms with Crippen molar-refractivity contribution < 1.29 is 4.79 Å². The van der Waals surface area contributed by atoms with Crippen molar-refractivity contribution in [1.82, 2.24) is 19.9 Å². The van der Waals surface area contributed by atoms with Crippen molar-refractivity contribution in [2.45, 2.75) is 36.2 Å². The number of thioether (sulfide) groups is 2. The molecule has 7 nitrogen and oxygen atoms in total. The number of nitrogens with zero attached hydrogens (tertiary/aromatic N) is 4. The van der Waals surface area contributed by atoms with E-state index in [0.717, 1.165) is 69.7 Å². The molecule has 1 aliphatic carbocycles. The SMILES string of the molecule is CSc1cnc(N[C@H]2CCC(Nc3nc4ccc(C(=O)N5CCSCC5)cc4s3)C2)nc1. The van der Waals surface area contributed by atoms with Crippen molar-refractivity contribution in [2.75, 3.05) is 41.5 Å². The van der Waals surface area contributed by atoms with Crippen LogP contribution in [0, 0.1) is 0 Å². The molecule has 0 bridgehead atoms. The largest absolute Gasteiger partial charge is 0.359 e. The van der Waals surface area contributed by atoms with Gasteiger partial charge in [0.25, 0.3) is 5.91 Å². The van der Waals surface area contributed by atoms with E-state index in [4.69, 9.17) is 4.98 Å². The molecule has 0 radical (unpaired) electrons. The van der Waals surface area contributed by atoms with Crippen LogP contribution in [0.4, 0.5) is 11.1 Å². The zero-order valence-corrected chi connectivity index (χ0v) is 20.4. The van der Waals surface area contributed by atoms with Gasteiger partial charge in [0.05, 0.1) is 10.2 Å². The maximum Gasteiger partial charge on any atom is 0.253 e. The van der Waals surface area contributed by atoms with Gasteiger partial charge in [-0.1, -0.05) is 11.3 Å². The van der Waals surface area contributed by atoms with Gasteiger partial charge in [0, 0.05) is 59.5 Å². The molecule has 168 valence electrons. The Kier molecular flexibility index (Phi) is 6.70. The number of amides is 1. The van der Waals surface area contributed by atoms with Crippen LogP contribution < -0.4 is 10.6 Å². The lowest BCUT2D eigenvalue weighted by Crippen LogP contribution is -2.37. The van der Waals surface area contributed by atoms with Gasteiger partial charge in [0.2, 0.25) is 5.95 Å². The first kappa shape index (κ1) is 21.8. The Morgan fingerprint density at radius 2 is 1.88 bits per heavy atom. The monoisotopic (exact) mass is 486 g/mol.